The summed E-state index contributed by atoms with van der Waals surface area (Å²) in [5, 5.41) is 1.35. The van der Waals surface area contributed by atoms with Crippen LogP contribution in [0.1, 0.15) is 20.8 Å². The summed E-state index contributed by atoms with van der Waals surface area (Å²) in [5.41, 5.74) is 0.695. The molecule has 1 aliphatic rings. The topological polar surface area (TPSA) is 29.5 Å². The van der Waals surface area contributed by atoms with Crippen LogP contribution in [0.4, 0.5) is 0 Å². The number of carbonyl (C=O) groups excluding carboxylic acids is 1. The van der Waals surface area contributed by atoms with Gasteiger partial charge in [-0.2, -0.15) is 11.8 Å². The fourth-order valence-electron chi connectivity index (χ4n) is 1.94. The highest BCUT2D eigenvalue weighted by Gasteiger charge is 2.21. The molecule has 0 aromatic rings. The Kier molecular flexibility index (Phi) is 5.35. The number of nitrogens with zero attached hydrogens (tertiary/aromatic N) is 1. The van der Waals surface area contributed by atoms with Gasteiger partial charge in [-0.1, -0.05) is 19.9 Å². The molecule has 16 heavy (non-hydrogen) atoms. The van der Waals surface area contributed by atoms with E-state index >= 15 is 0 Å². The van der Waals surface area contributed by atoms with Gasteiger partial charge in [0.2, 0.25) is 0 Å². The van der Waals surface area contributed by atoms with E-state index < -0.39 is 0 Å². The number of rotatable bonds is 3. The minimum absolute atomic E-state index is 0.229. The van der Waals surface area contributed by atoms with E-state index in [1.807, 2.05) is 17.8 Å². The van der Waals surface area contributed by atoms with Gasteiger partial charge in [-0.3, -0.25) is 4.90 Å². The maximum atomic E-state index is 11.2. The van der Waals surface area contributed by atoms with Crippen LogP contribution in [-0.2, 0) is 9.53 Å². The number of ether oxygens (including phenoxy) is 1. The van der Waals surface area contributed by atoms with E-state index in [9.17, 15) is 4.79 Å². The zero-order valence-corrected chi connectivity index (χ0v) is 11.3. The second-order valence-electron chi connectivity index (χ2n) is 4.35. The number of thioether (sulfide) groups is 1. The monoisotopic (exact) mass is 243 g/mol. The van der Waals surface area contributed by atoms with Crippen LogP contribution in [0.5, 0.6) is 0 Å². The molecule has 0 aromatic carbocycles. The molecule has 0 amide bonds. The van der Waals surface area contributed by atoms with Crippen molar-refractivity contribution < 1.29 is 9.53 Å². The summed E-state index contributed by atoms with van der Waals surface area (Å²) in [7, 11) is 1.42. The molecule has 1 rings (SSSR count). The lowest BCUT2D eigenvalue weighted by Gasteiger charge is -2.33. The first-order valence-corrected chi connectivity index (χ1v) is 6.60. The molecule has 1 fully saturated rings. The van der Waals surface area contributed by atoms with Crippen molar-refractivity contribution in [1.29, 1.82) is 0 Å². The Labute approximate surface area is 102 Å². The van der Waals surface area contributed by atoms with Gasteiger partial charge in [0.05, 0.1) is 7.11 Å². The van der Waals surface area contributed by atoms with E-state index in [1.54, 1.807) is 6.92 Å². The molecule has 0 radical (unpaired) electrons. The van der Waals surface area contributed by atoms with Gasteiger partial charge in [0.1, 0.15) is 0 Å². The van der Waals surface area contributed by atoms with Crippen LogP contribution < -0.4 is 0 Å². The molecular weight excluding hydrogens is 222 g/mol. The summed E-state index contributed by atoms with van der Waals surface area (Å²) in [6.45, 7) is 9.35. The van der Waals surface area contributed by atoms with E-state index in [2.05, 4.69) is 23.5 Å². The Morgan fingerprint density at radius 3 is 2.50 bits per heavy atom. The normalized spacial score (nSPS) is 27.9. The fourth-order valence-corrected chi connectivity index (χ4v) is 3.33. The molecule has 3 nitrogen and oxygen atoms in total. The van der Waals surface area contributed by atoms with Crippen LogP contribution in [0, 0.1) is 0 Å². The van der Waals surface area contributed by atoms with Crippen molar-refractivity contribution in [2.45, 2.75) is 31.3 Å². The molecule has 1 aliphatic heterocycles. The lowest BCUT2D eigenvalue weighted by molar-refractivity contribution is -0.136. The molecular formula is C12H21NO2S. The van der Waals surface area contributed by atoms with Crippen molar-refractivity contribution >= 4 is 17.7 Å². The molecule has 0 aliphatic carbocycles. The SMILES string of the molecule is COC(=O)C(C)=CCN1CC(C)SC(C)C1. The zero-order chi connectivity index (χ0) is 12.1. The second-order valence-corrected chi connectivity index (χ2v) is 6.24. The van der Waals surface area contributed by atoms with Gasteiger partial charge in [-0.05, 0) is 6.92 Å². The summed E-state index contributed by atoms with van der Waals surface area (Å²) in [5.74, 6) is -0.229. The standard InChI is InChI=1S/C12H21NO2S/c1-9(12(14)15-4)5-6-13-7-10(2)16-11(3)8-13/h5,10-11H,6-8H2,1-4H3. The molecule has 92 valence electrons. The van der Waals surface area contributed by atoms with Crippen LogP contribution in [0.25, 0.3) is 0 Å². The molecule has 0 bridgehead atoms. The smallest absolute Gasteiger partial charge is 0.333 e. The Bertz CT molecular complexity index is 268. The van der Waals surface area contributed by atoms with Crippen LogP contribution in [-0.4, -0.2) is 48.1 Å². The highest BCUT2D eigenvalue weighted by molar-refractivity contribution is 8.00. The maximum absolute atomic E-state index is 11.2. The summed E-state index contributed by atoms with van der Waals surface area (Å²) in [4.78, 5) is 13.6. The first kappa shape index (κ1) is 13.6. The van der Waals surface area contributed by atoms with Crippen LogP contribution in [0.3, 0.4) is 0 Å². The Morgan fingerprint density at radius 1 is 1.44 bits per heavy atom. The van der Waals surface area contributed by atoms with Crippen molar-refractivity contribution in [1.82, 2.24) is 4.90 Å². The van der Waals surface area contributed by atoms with Gasteiger partial charge in [-0.25, -0.2) is 4.79 Å². The minimum atomic E-state index is -0.229. The minimum Gasteiger partial charge on any atom is -0.466 e. The number of hydrogen-bond donors (Lipinski definition) is 0. The van der Waals surface area contributed by atoms with Gasteiger partial charge in [0, 0.05) is 35.7 Å². The number of methoxy groups -OCH3 is 1. The first-order chi connectivity index (χ1) is 7.52. The second kappa shape index (κ2) is 6.30. The molecule has 0 spiro atoms. The molecule has 2 atom stereocenters. The quantitative estimate of drug-likeness (QED) is 0.559. The van der Waals surface area contributed by atoms with Crippen LogP contribution in [0.15, 0.2) is 11.6 Å². The molecule has 1 heterocycles. The molecule has 1 saturated heterocycles. The lowest BCUT2D eigenvalue weighted by atomic mass is 10.2. The van der Waals surface area contributed by atoms with Gasteiger partial charge < -0.3 is 4.74 Å². The van der Waals surface area contributed by atoms with Crippen molar-refractivity contribution in [3.63, 3.8) is 0 Å². The zero-order valence-electron chi connectivity index (χ0n) is 10.5. The summed E-state index contributed by atoms with van der Waals surface area (Å²) < 4.78 is 4.66. The lowest BCUT2D eigenvalue weighted by Crippen LogP contribution is -2.40. The summed E-state index contributed by atoms with van der Waals surface area (Å²) >= 11 is 2.04. The van der Waals surface area contributed by atoms with Crippen molar-refractivity contribution in [2.24, 2.45) is 0 Å². The van der Waals surface area contributed by atoms with E-state index in [0.29, 0.717) is 16.1 Å². The maximum Gasteiger partial charge on any atom is 0.333 e. The average Bonchev–Trinajstić information content (AvgIpc) is 2.23. The van der Waals surface area contributed by atoms with Gasteiger partial charge >= 0.3 is 5.97 Å². The van der Waals surface area contributed by atoms with Gasteiger partial charge in [0.25, 0.3) is 0 Å². The van der Waals surface area contributed by atoms with Crippen LogP contribution in [0.2, 0.25) is 0 Å². The highest BCUT2D eigenvalue weighted by atomic mass is 32.2. The first-order valence-electron chi connectivity index (χ1n) is 5.65. The highest BCUT2D eigenvalue weighted by Crippen LogP contribution is 2.24. The predicted molar refractivity (Wildman–Crippen MR) is 68.7 cm³/mol. The molecule has 0 saturated carbocycles. The molecule has 0 N–H and O–H groups in total. The van der Waals surface area contributed by atoms with E-state index in [4.69, 9.17) is 0 Å². The third-order valence-corrected chi connectivity index (χ3v) is 3.89. The molecule has 2 unspecified atom stereocenters. The fraction of sp³-hybridized carbons (Fsp3) is 0.750. The Balaban J connectivity index is 2.45. The molecule has 0 aromatic heterocycles. The van der Waals surface area contributed by atoms with Gasteiger partial charge in [0.15, 0.2) is 0 Å². The van der Waals surface area contributed by atoms with Crippen molar-refractivity contribution in [3.8, 4) is 0 Å². The van der Waals surface area contributed by atoms with E-state index in [-0.39, 0.29) is 5.97 Å². The Morgan fingerprint density at radius 2 is 2.00 bits per heavy atom. The van der Waals surface area contributed by atoms with Gasteiger partial charge in [-0.15, -0.1) is 0 Å². The van der Waals surface area contributed by atoms with E-state index in [0.717, 1.165) is 19.6 Å². The number of hydrogen-bond acceptors (Lipinski definition) is 4. The average molecular weight is 243 g/mol. The van der Waals surface area contributed by atoms with Crippen molar-refractivity contribution in [2.75, 3.05) is 26.7 Å². The predicted octanol–water partition coefficient (Wildman–Crippen LogP) is 1.93. The summed E-state index contributed by atoms with van der Waals surface area (Å²) in [6, 6.07) is 0. The van der Waals surface area contributed by atoms with E-state index in [1.165, 1.54) is 7.11 Å². The number of carbonyl (C=O) groups is 1. The summed E-state index contributed by atoms with van der Waals surface area (Å²) in [6.07, 6.45) is 1.96. The third kappa shape index (κ3) is 4.18. The third-order valence-electron chi connectivity index (χ3n) is 2.66. The van der Waals surface area contributed by atoms with Crippen LogP contribution >= 0.6 is 11.8 Å². The number of esters is 1. The molecule has 4 heteroatoms. The Hall–Kier alpha value is -0.480. The van der Waals surface area contributed by atoms with Crippen molar-refractivity contribution in [3.05, 3.63) is 11.6 Å². The largest absolute Gasteiger partial charge is 0.466 e.